The Bertz CT molecular complexity index is 150. The largest absolute Gasteiger partial charge is 0.522 e. The van der Waals surface area contributed by atoms with Gasteiger partial charge >= 0.3 is 6.36 Å². The van der Waals surface area contributed by atoms with Gasteiger partial charge in [0.15, 0.2) is 0 Å². The van der Waals surface area contributed by atoms with Gasteiger partial charge < -0.3 is 5.73 Å². The van der Waals surface area contributed by atoms with E-state index in [0.29, 0.717) is 13.1 Å². The molecule has 0 atom stereocenters. The smallest absolute Gasteiger partial charge is 0.329 e. The second kappa shape index (κ2) is 6.21. The van der Waals surface area contributed by atoms with Gasteiger partial charge in [-0.25, -0.2) is 0 Å². The van der Waals surface area contributed by atoms with Crippen molar-refractivity contribution in [1.29, 1.82) is 0 Å². The van der Waals surface area contributed by atoms with E-state index in [0.717, 1.165) is 0 Å². The second-order valence-corrected chi connectivity index (χ2v) is 3.21. The maximum Gasteiger partial charge on any atom is 0.522 e. The van der Waals surface area contributed by atoms with Crippen LogP contribution in [0.3, 0.4) is 0 Å². The summed E-state index contributed by atoms with van der Waals surface area (Å²) >= 11 is 0. The quantitative estimate of drug-likeness (QED) is 0.721. The normalized spacial score (nSPS) is 12.9. The molecule has 0 unspecified atom stereocenters. The first-order chi connectivity index (χ1) is 6.37. The van der Waals surface area contributed by atoms with E-state index in [1.165, 1.54) is 0 Å². The molecule has 14 heavy (non-hydrogen) atoms. The summed E-state index contributed by atoms with van der Waals surface area (Å²) in [7, 11) is 0. The van der Waals surface area contributed by atoms with Crippen LogP contribution in [0, 0.1) is 0 Å². The highest BCUT2D eigenvalue weighted by atomic mass is 19.4. The highest BCUT2D eigenvalue weighted by Crippen LogP contribution is 2.15. The molecule has 2 N–H and O–H groups in total. The molecule has 0 aliphatic rings. The minimum atomic E-state index is -4.54. The lowest BCUT2D eigenvalue weighted by molar-refractivity contribution is -0.325. The van der Waals surface area contributed by atoms with Crippen molar-refractivity contribution in [2.45, 2.75) is 26.3 Å². The molecule has 0 radical (unpaired) electrons. The Morgan fingerprint density at radius 2 is 1.86 bits per heavy atom. The number of nitrogens with zero attached hydrogens (tertiary/aromatic N) is 1. The van der Waals surface area contributed by atoms with Crippen molar-refractivity contribution in [1.82, 2.24) is 4.90 Å². The van der Waals surface area contributed by atoms with E-state index in [1.807, 2.05) is 18.7 Å². The maximum absolute atomic E-state index is 11.6. The molecule has 0 spiro atoms. The zero-order valence-electron chi connectivity index (χ0n) is 8.47. The summed E-state index contributed by atoms with van der Waals surface area (Å²) in [6.45, 7) is 4.73. The van der Waals surface area contributed by atoms with Gasteiger partial charge in [-0.15, -0.1) is 13.2 Å². The van der Waals surface area contributed by atoms with Crippen molar-refractivity contribution in [2.24, 2.45) is 5.73 Å². The van der Waals surface area contributed by atoms with Crippen LogP contribution in [-0.2, 0) is 4.74 Å². The van der Waals surface area contributed by atoms with E-state index in [1.54, 1.807) is 0 Å². The summed E-state index contributed by atoms with van der Waals surface area (Å²) in [5.41, 5.74) is 5.32. The highest BCUT2D eigenvalue weighted by molar-refractivity contribution is 4.62. The van der Waals surface area contributed by atoms with Crippen LogP contribution in [0.2, 0.25) is 0 Å². The molecular weight excluding hydrogens is 197 g/mol. The Morgan fingerprint density at radius 3 is 2.21 bits per heavy atom. The van der Waals surface area contributed by atoms with Crippen LogP contribution in [0.5, 0.6) is 0 Å². The number of hydrogen-bond donors (Lipinski definition) is 1. The third-order valence-corrected chi connectivity index (χ3v) is 1.79. The predicted molar refractivity (Wildman–Crippen MR) is 47.8 cm³/mol. The molecule has 0 aromatic rings. The van der Waals surface area contributed by atoms with Crippen molar-refractivity contribution in [2.75, 3.05) is 26.2 Å². The molecule has 0 rings (SSSR count). The van der Waals surface area contributed by atoms with Crippen molar-refractivity contribution in [3.8, 4) is 0 Å². The summed E-state index contributed by atoms with van der Waals surface area (Å²) in [5, 5.41) is 0. The zero-order chi connectivity index (χ0) is 11.2. The average Bonchev–Trinajstić information content (AvgIpc) is 2.00. The van der Waals surface area contributed by atoms with Gasteiger partial charge in [-0.05, 0) is 13.8 Å². The number of halogens is 3. The molecule has 0 bridgehead atoms. The average molecular weight is 214 g/mol. The fraction of sp³-hybridized carbons (Fsp3) is 1.00. The van der Waals surface area contributed by atoms with E-state index in [-0.39, 0.29) is 19.2 Å². The zero-order valence-corrected chi connectivity index (χ0v) is 8.47. The molecule has 0 saturated carbocycles. The first-order valence-electron chi connectivity index (χ1n) is 4.51. The Kier molecular flexibility index (Phi) is 6.06. The molecule has 0 heterocycles. The molecule has 86 valence electrons. The van der Waals surface area contributed by atoms with Crippen LogP contribution >= 0.6 is 0 Å². The SMILES string of the molecule is CC(C)N(CCN)CCOC(F)(F)F. The Labute approximate surface area is 82.0 Å². The van der Waals surface area contributed by atoms with Crippen molar-refractivity contribution < 1.29 is 17.9 Å². The summed E-state index contributed by atoms with van der Waals surface area (Å²) in [4.78, 5) is 1.84. The predicted octanol–water partition coefficient (Wildman–Crippen LogP) is 1.19. The number of rotatable bonds is 6. The minimum Gasteiger partial charge on any atom is -0.329 e. The number of ether oxygens (including phenoxy) is 1. The first kappa shape index (κ1) is 13.7. The van der Waals surface area contributed by atoms with E-state index < -0.39 is 6.36 Å². The molecule has 0 aliphatic heterocycles. The number of nitrogens with two attached hydrogens (primary N) is 1. The van der Waals surface area contributed by atoms with Crippen LogP contribution in [0.15, 0.2) is 0 Å². The van der Waals surface area contributed by atoms with Gasteiger partial charge in [0.2, 0.25) is 0 Å². The van der Waals surface area contributed by atoms with Gasteiger partial charge in [-0.3, -0.25) is 9.64 Å². The lowest BCUT2D eigenvalue weighted by Crippen LogP contribution is -2.38. The van der Waals surface area contributed by atoms with E-state index in [9.17, 15) is 13.2 Å². The molecule has 0 aliphatic carbocycles. The Balaban J connectivity index is 3.72. The van der Waals surface area contributed by atoms with Crippen LogP contribution in [-0.4, -0.2) is 43.5 Å². The van der Waals surface area contributed by atoms with E-state index in [2.05, 4.69) is 4.74 Å². The molecule has 0 aromatic heterocycles. The number of alkyl halides is 3. The Hall–Kier alpha value is -0.330. The van der Waals surface area contributed by atoms with Crippen LogP contribution in [0.25, 0.3) is 0 Å². The lowest BCUT2D eigenvalue weighted by atomic mass is 10.3. The van der Waals surface area contributed by atoms with Gasteiger partial charge in [0, 0.05) is 25.7 Å². The van der Waals surface area contributed by atoms with Crippen molar-refractivity contribution in [3.63, 3.8) is 0 Å². The molecule has 0 aromatic carbocycles. The monoisotopic (exact) mass is 214 g/mol. The topological polar surface area (TPSA) is 38.5 Å². The van der Waals surface area contributed by atoms with Gasteiger partial charge in [-0.2, -0.15) is 0 Å². The summed E-state index contributed by atoms with van der Waals surface area (Å²) < 4.78 is 38.6. The van der Waals surface area contributed by atoms with Crippen molar-refractivity contribution in [3.05, 3.63) is 0 Å². The lowest BCUT2D eigenvalue weighted by Gasteiger charge is -2.25. The van der Waals surface area contributed by atoms with Crippen molar-refractivity contribution >= 4 is 0 Å². The maximum atomic E-state index is 11.6. The summed E-state index contributed by atoms with van der Waals surface area (Å²) in [5.74, 6) is 0. The van der Waals surface area contributed by atoms with E-state index >= 15 is 0 Å². The van der Waals surface area contributed by atoms with E-state index in [4.69, 9.17) is 5.73 Å². The fourth-order valence-corrected chi connectivity index (χ4v) is 1.07. The standard InChI is InChI=1S/C8H17F3N2O/c1-7(2)13(4-3-12)5-6-14-8(9,10)11/h7H,3-6,12H2,1-2H3. The minimum absolute atomic E-state index is 0.176. The molecule has 0 amide bonds. The van der Waals surface area contributed by atoms with Crippen LogP contribution in [0.4, 0.5) is 13.2 Å². The Morgan fingerprint density at radius 1 is 1.29 bits per heavy atom. The molecule has 3 nitrogen and oxygen atoms in total. The summed E-state index contributed by atoms with van der Waals surface area (Å²) in [6.07, 6.45) is -4.54. The van der Waals surface area contributed by atoms with Crippen LogP contribution < -0.4 is 5.73 Å². The third-order valence-electron chi connectivity index (χ3n) is 1.79. The summed E-state index contributed by atoms with van der Waals surface area (Å²) in [6, 6.07) is 0.176. The molecule has 6 heteroatoms. The van der Waals surface area contributed by atoms with Gasteiger partial charge in [0.05, 0.1) is 6.61 Å². The molecular formula is C8H17F3N2O. The number of hydrogen-bond acceptors (Lipinski definition) is 3. The fourth-order valence-electron chi connectivity index (χ4n) is 1.07. The molecule has 0 saturated heterocycles. The first-order valence-corrected chi connectivity index (χ1v) is 4.51. The second-order valence-electron chi connectivity index (χ2n) is 3.21. The third kappa shape index (κ3) is 7.11. The van der Waals surface area contributed by atoms with Gasteiger partial charge in [-0.1, -0.05) is 0 Å². The highest BCUT2D eigenvalue weighted by Gasteiger charge is 2.28. The van der Waals surface area contributed by atoms with Gasteiger partial charge in [0.25, 0.3) is 0 Å². The van der Waals surface area contributed by atoms with Crippen LogP contribution in [0.1, 0.15) is 13.8 Å². The van der Waals surface area contributed by atoms with Gasteiger partial charge in [0.1, 0.15) is 0 Å². The molecule has 0 fully saturated rings.